The van der Waals surface area contributed by atoms with Crippen LogP contribution in [0, 0.1) is 6.92 Å². The van der Waals surface area contributed by atoms with Crippen molar-refractivity contribution in [1.82, 2.24) is 14.4 Å². The number of aliphatic carboxylic acids is 1. The second-order valence-electron chi connectivity index (χ2n) is 7.46. The van der Waals surface area contributed by atoms with Gasteiger partial charge in [-0.05, 0) is 31.2 Å². The molecule has 1 aromatic heterocycles. The fraction of sp³-hybridized carbons (Fsp3) is 0.174. The van der Waals surface area contributed by atoms with Crippen LogP contribution in [-0.2, 0) is 16.6 Å². The molecule has 2 N–H and O–H groups in total. The van der Waals surface area contributed by atoms with Gasteiger partial charge in [0, 0.05) is 12.6 Å². The van der Waals surface area contributed by atoms with Crippen LogP contribution in [0.1, 0.15) is 17.7 Å². The van der Waals surface area contributed by atoms with E-state index in [9.17, 15) is 24.6 Å². The van der Waals surface area contributed by atoms with Gasteiger partial charge in [-0.1, -0.05) is 42.1 Å². The third-order valence-corrected chi connectivity index (χ3v) is 6.38. The number of phenolic OH excluding ortho intramolecular Hbond substituents is 1. The number of para-hydroxylation sites is 2. The van der Waals surface area contributed by atoms with Crippen LogP contribution >= 0.6 is 11.8 Å². The van der Waals surface area contributed by atoms with Crippen molar-refractivity contribution in [1.29, 1.82) is 0 Å². The Hall–Kier alpha value is -4.12. The zero-order valence-electron chi connectivity index (χ0n) is 18.3. The number of hydrogen-bond acceptors (Lipinski definition) is 7. The predicted molar refractivity (Wildman–Crippen MR) is 129 cm³/mol. The first-order valence-corrected chi connectivity index (χ1v) is 11.1. The van der Waals surface area contributed by atoms with Crippen LogP contribution in [0.4, 0.5) is 5.69 Å². The van der Waals surface area contributed by atoms with Crippen molar-refractivity contribution in [3.05, 3.63) is 76.2 Å². The lowest BCUT2D eigenvalue weighted by Crippen LogP contribution is -2.28. The number of carbonyl (C=O) groups is 2. The normalized spacial score (nSPS) is 17.2. The molecule has 10 nitrogen and oxygen atoms in total. The molecule has 34 heavy (non-hydrogen) atoms. The molecule has 1 fully saturated rings. The van der Waals surface area contributed by atoms with Crippen molar-refractivity contribution in [3.63, 3.8) is 0 Å². The number of aromatic hydroxyl groups is 1. The van der Waals surface area contributed by atoms with Crippen LogP contribution in [0.3, 0.4) is 0 Å². The summed E-state index contributed by atoms with van der Waals surface area (Å²) in [5, 5.41) is 23.4. The van der Waals surface area contributed by atoms with E-state index in [1.165, 1.54) is 17.0 Å². The molecule has 0 saturated carbocycles. The number of nitrogens with zero attached hydrogens (tertiary/aromatic N) is 5. The molecule has 1 saturated heterocycles. The summed E-state index contributed by atoms with van der Waals surface area (Å²) in [6, 6.07) is 15.5. The Balaban J connectivity index is 1.78. The Labute approximate surface area is 198 Å². The third kappa shape index (κ3) is 4.37. The molecule has 4 rings (SSSR count). The first-order chi connectivity index (χ1) is 16.3. The number of aliphatic imine (C=N–C) groups is 1. The van der Waals surface area contributed by atoms with Crippen molar-refractivity contribution in [2.24, 2.45) is 17.1 Å². The molecular formula is C23H21N5O5S. The van der Waals surface area contributed by atoms with Gasteiger partial charge in [0.25, 0.3) is 11.5 Å². The van der Waals surface area contributed by atoms with Crippen LogP contribution in [0.25, 0.3) is 5.69 Å². The van der Waals surface area contributed by atoms with E-state index >= 15 is 0 Å². The quantitative estimate of drug-likeness (QED) is 0.523. The Morgan fingerprint density at radius 3 is 2.47 bits per heavy atom. The number of benzene rings is 2. The number of phenols is 1. The smallest absolute Gasteiger partial charge is 0.305 e. The van der Waals surface area contributed by atoms with E-state index in [4.69, 9.17) is 0 Å². The lowest BCUT2D eigenvalue weighted by molar-refractivity contribution is -0.139. The molecule has 1 amide bonds. The minimum atomic E-state index is -1.14. The molecular weight excluding hydrogens is 458 g/mol. The lowest BCUT2D eigenvalue weighted by atomic mass is 10.2. The van der Waals surface area contributed by atoms with Crippen molar-refractivity contribution in [3.8, 4) is 11.4 Å². The van der Waals surface area contributed by atoms with E-state index in [2.05, 4.69) is 10.1 Å². The van der Waals surface area contributed by atoms with E-state index in [-0.39, 0.29) is 16.6 Å². The number of carboxylic acid groups (broad SMARTS) is 1. The Morgan fingerprint density at radius 2 is 1.79 bits per heavy atom. The van der Waals surface area contributed by atoms with Crippen LogP contribution < -0.4 is 5.56 Å². The Kier molecular flexibility index (Phi) is 6.37. The maximum atomic E-state index is 13.2. The monoisotopic (exact) mass is 479 g/mol. The predicted octanol–water partition coefficient (Wildman–Crippen LogP) is 2.63. The molecule has 1 aliphatic heterocycles. The molecule has 0 aliphatic carbocycles. The summed E-state index contributed by atoms with van der Waals surface area (Å²) in [4.78, 5) is 41.8. The van der Waals surface area contributed by atoms with Crippen molar-refractivity contribution < 1.29 is 19.8 Å². The molecule has 0 radical (unpaired) electrons. The zero-order valence-corrected chi connectivity index (χ0v) is 19.1. The largest absolute Gasteiger partial charge is 0.507 e. The van der Waals surface area contributed by atoms with E-state index < -0.39 is 29.1 Å². The zero-order chi connectivity index (χ0) is 24.4. The summed E-state index contributed by atoms with van der Waals surface area (Å²) in [6.07, 6.45) is 0.861. The third-order valence-electron chi connectivity index (χ3n) is 5.25. The maximum absolute atomic E-state index is 13.2. The number of carbonyl (C=O) groups excluding carboxylic acids is 1. The maximum Gasteiger partial charge on any atom is 0.305 e. The Morgan fingerprint density at radius 1 is 1.12 bits per heavy atom. The fourth-order valence-corrected chi connectivity index (χ4v) is 4.48. The highest BCUT2D eigenvalue weighted by Crippen LogP contribution is 2.32. The van der Waals surface area contributed by atoms with Gasteiger partial charge in [0.15, 0.2) is 10.9 Å². The molecule has 0 spiro atoms. The molecule has 174 valence electrons. The molecule has 1 atom stereocenters. The van der Waals surface area contributed by atoms with Crippen LogP contribution in [0.2, 0.25) is 0 Å². The summed E-state index contributed by atoms with van der Waals surface area (Å²) in [5.41, 5.74) is 1.29. The molecule has 0 bridgehead atoms. The van der Waals surface area contributed by atoms with E-state index in [0.29, 0.717) is 16.9 Å². The summed E-state index contributed by atoms with van der Waals surface area (Å²) < 4.78 is 3.11. The van der Waals surface area contributed by atoms with Gasteiger partial charge in [0.05, 0.1) is 24.0 Å². The number of aromatic nitrogens is 2. The molecule has 3 aromatic rings. The average Bonchev–Trinajstić information content (AvgIpc) is 3.21. The van der Waals surface area contributed by atoms with Crippen molar-refractivity contribution in [2.75, 3.05) is 0 Å². The van der Waals surface area contributed by atoms with Crippen molar-refractivity contribution >= 4 is 40.7 Å². The van der Waals surface area contributed by atoms with Crippen LogP contribution in [0.5, 0.6) is 5.75 Å². The van der Waals surface area contributed by atoms with Crippen LogP contribution in [0.15, 0.2) is 69.5 Å². The molecule has 2 heterocycles. The fourth-order valence-electron chi connectivity index (χ4n) is 3.42. The lowest BCUT2D eigenvalue weighted by Gasteiger charge is -2.09. The van der Waals surface area contributed by atoms with Gasteiger partial charge in [-0.3, -0.25) is 19.1 Å². The second kappa shape index (κ2) is 9.40. The number of rotatable bonds is 6. The van der Waals surface area contributed by atoms with Gasteiger partial charge in [-0.25, -0.2) is 9.67 Å². The van der Waals surface area contributed by atoms with E-state index in [1.54, 1.807) is 49.0 Å². The van der Waals surface area contributed by atoms with Gasteiger partial charge in [0.1, 0.15) is 11.0 Å². The highest BCUT2D eigenvalue weighted by molar-refractivity contribution is 8.15. The summed E-state index contributed by atoms with van der Waals surface area (Å²) in [7, 11) is 1.72. The summed E-state index contributed by atoms with van der Waals surface area (Å²) in [6.45, 7) is 1.73. The van der Waals surface area contributed by atoms with Gasteiger partial charge >= 0.3 is 5.97 Å². The number of hydrogen-bond donors (Lipinski definition) is 2. The average molecular weight is 480 g/mol. The molecule has 1 aliphatic rings. The minimum Gasteiger partial charge on any atom is -0.507 e. The molecule has 11 heteroatoms. The van der Waals surface area contributed by atoms with Gasteiger partial charge < -0.3 is 10.2 Å². The standard InChI is InChI=1S/C23H21N5O5S/c1-14-20(22(33)28(26(14)2)16-9-4-3-5-10-16)25-23-27(21(32)18(34-23)12-19(30)31)24-13-15-8-6-7-11-17(15)29/h3-11,13,18,29H,12H2,1-2H3,(H,30,31)/b24-13-,25-23?/t18-/m1/s1. The van der Waals surface area contributed by atoms with Gasteiger partial charge in [-0.15, -0.1) is 0 Å². The van der Waals surface area contributed by atoms with Crippen LogP contribution in [-0.4, -0.2) is 53.1 Å². The topological polar surface area (TPSA) is 129 Å². The first kappa shape index (κ1) is 23.1. The SMILES string of the molecule is Cc1c(N=C2S[C@H](CC(=O)O)C(=O)N2/N=C\c2ccccc2O)c(=O)n(-c2ccccc2)n1C. The number of thioether (sulfide) groups is 1. The van der Waals surface area contributed by atoms with Crippen molar-refractivity contribution in [2.45, 2.75) is 18.6 Å². The highest BCUT2D eigenvalue weighted by Gasteiger charge is 2.40. The van der Waals surface area contributed by atoms with Gasteiger partial charge in [-0.2, -0.15) is 10.1 Å². The van der Waals surface area contributed by atoms with E-state index in [0.717, 1.165) is 16.8 Å². The van der Waals surface area contributed by atoms with E-state index in [1.807, 2.05) is 18.2 Å². The molecule has 2 aromatic carbocycles. The number of hydrazone groups is 1. The minimum absolute atomic E-state index is 0.0317. The number of carboxylic acids is 1. The second-order valence-corrected chi connectivity index (χ2v) is 8.63. The number of amides is 1. The summed E-state index contributed by atoms with van der Waals surface area (Å²) in [5.74, 6) is -1.75. The summed E-state index contributed by atoms with van der Waals surface area (Å²) >= 11 is 0.930. The Bertz CT molecular complexity index is 1380. The number of amidine groups is 1. The first-order valence-electron chi connectivity index (χ1n) is 10.2. The van der Waals surface area contributed by atoms with Gasteiger partial charge in [0.2, 0.25) is 0 Å². The molecule has 0 unspecified atom stereocenters. The highest BCUT2D eigenvalue weighted by atomic mass is 32.2.